The molecule has 10 heteroatoms. The third-order valence-corrected chi connectivity index (χ3v) is 8.16. The zero-order valence-corrected chi connectivity index (χ0v) is 24.4. The van der Waals surface area contributed by atoms with E-state index in [1.54, 1.807) is 15.6 Å². The molecule has 0 aliphatic carbocycles. The Morgan fingerprint density at radius 3 is 2.64 bits per heavy atom. The lowest BCUT2D eigenvalue weighted by Gasteiger charge is -2.25. The van der Waals surface area contributed by atoms with Gasteiger partial charge in [0.2, 0.25) is 18.6 Å². The Balaban J connectivity index is 1.73. The third-order valence-electron chi connectivity index (χ3n) is 6.59. The summed E-state index contributed by atoms with van der Waals surface area (Å²) in [7, 11) is 0. The summed E-state index contributed by atoms with van der Waals surface area (Å²) < 4.78 is 13.0. The number of hydrogen-bond acceptors (Lipinski definition) is 6. The van der Waals surface area contributed by atoms with Crippen LogP contribution in [-0.4, -0.2) is 47.2 Å². The van der Waals surface area contributed by atoms with Crippen LogP contribution in [0.25, 0.3) is 5.69 Å². The smallest absolute Gasteiger partial charge is 0.240 e. The second kappa shape index (κ2) is 10.8. The minimum absolute atomic E-state index is 0.118. The molecule has 8 nitrogen and oxygen atoms in total. The van der Waals surface area contributed by atoms with E-state index in [2.05, 4.69) is 26.1 Å². The number of para-hydroxylation sites is 1. The highest BCUT2D eigenvalue weighted by Gasteiger charge is 2.40. The topological polar surface area (TPSA) is 85.7 Å². The molecule has 1 atom stereocenters. The summed E-state index contributed by atoms with van der Waals surface area (Å²) in [5.74, 6) is 2.02. The van der Waals surface area contributed by atoms with Crippen LogP contribution in [0.2, 0.25) is 5.02 Å². The second-order valence-electron chi connectivity index (χ2n) is 11.2. The van der Waals surface area contributed by atoms with Gasteiger partial charge in [0.15, 0.2) is 11.5 Å². The number of aromatic nitrogens is 2. The highest BCUT2D eigenvalue weighted by Crippen LogP contribution is 2.50. The molecule has 2 aromatic carbocycles. The molecule has 3 aromatic rings. The maximum absolute atomic E-state index is 13.7. The van der Waals surface area contributed by atoms with Gasteiger partial charge in [0.05, 0.1) is 27.4 Å². The van der Waals surface area contributed by atoms with Crippen LogP contribution >= 0.6 is 23.4 Å². The number of rotatable bonds is 6. The van der Waals surface area contributed by atoms with Crippen LogP contribution in [0.3, 0.4) is 0 Å². The molecule has 0 saturated carbocycles. The van der Waals surface area contributed by atoms with Crippen LogP contribution in [0, 0.1) is 5.92 Å². The predicted molar refractivity (Wildman–Crippen MR) is 154 cm³/mol. The highest BCUT2D eigenvalue weighted by molar-refractivity contribution is 8.00. The third kappa shape index (κ3) is 5.47. The summed E-state index contributed by atoms with van der Waals surface area (Å²) in [6, 6.07) is 13.3. The fraction of sp³-hybridized carbons (Fsp3) is 0.414. The normalized spacial score (nSPS) is 16.8. The van der Waals surface area contributed by atoms with Gasteiger partial charge in [-0.1, -0.05) is 64.4 Å². The molecular weight excluding hydrogens is 536 g/mol. The van der Waals surface area contributed by atoms with Crippen molar-refractivity contribution in [2.75, 3.05) is 30.5 Å². The van der Waals surface area contributed by atoms with E-state index in [-0.39, 0.29) is 47.5 Å². The number of thioether (sulfide) groups is 1. The molecule has 5 rings (SSSR count). The van der Waals surface area contributed by atoms with Crippen LogP contribution in [-0.2, 0) is 15.0 Å². The van der Waals surface area contributed by atoms with E-state index in [1.807, 2.05) is 50.2 Å². The summed E-state index contributed by atoms with van der Waals surface area (Å²) in [6.45, 7) is 10.9. The molecule has 3 heterocycles. The Labute approximate surface area is 238 Å². The molecule has 0 unspecified atom stereocenters. The van der Waals surface area contributed by atoms with Crippen molar-refractivity contribution in [3.8, 4) is 17.2 Å². The first-order valence-corrected chi connectivity index (χ1v) is 14.4. The van der Waals surface area contributed by atoms with Crippen molar-refractivity contribution in [2.45, 2.75) is 45.3 Å². The lowest BCUT2D eigenvalue weighted by molar-refractivity contribution is -0.123. The van der Waals surface area contributed by atoms with Gasteiger partial charge in [0, 0.05) is 17.5 Å². The van der Waals surface area contributed by atoms with Crippen molar-refractivity contribution in [1.82, 2.24) is 15.1 Å². The minimum Gasteiger partial charge on any atom is -0.454 e. The lowest BCUT2D eigenvalue weighted by Crippen LogP contribution is -2.43. The summed E-state index contributed by atoms with van der Waals surface area (Å²) in [6.07, 6.45) is 0. The number of halogens is 1. The number of hydrogen-bond donors (Lipinski definition) is 1. The minimum atomic E-state index is -0.370. The molecule has 39 heavy (non-hydrogen) atoms. The summed E-state index contributed by atoms with van der Waals surface area (Å²) in [4.78, 5) is 28.4. The Morgan fingerprint density at radius 2 is 1.92 bits per heavy atom. The van der Waals surface area contributed by atoms with Crippen molar-refractivity contribution < 1.29 is 19.1 Å². The van der Waals surface area contributed by atoms with E-state index >= 15 is 0 Å². The van der Waals surface area contributed by atoms with Crippen LogP contribution < -0.4 is 19.7 Å². The Kier molecular flexibility index (Phi) is 7.57. The molecule has 206 valence electrons. The highest BCUT2D eigenvalue weighted by atomic mass is 35.5. The van der Waals surface area contributed by atoms with Crippen molar-refractivity contribution >= 4 is 41.0 Å². The van der Waals surface area contributed by atoms with Gasteiger partial charge in [0.25, 0.3) is 0 Å². The Morgan fingerprint density at radius 1 is 1.18 bits per heavy atom. The van der Waals surface area contributed by atoms with Crippen molar-refractivity contribution in [3.05, 3.63) is 64.3 Å². The van der Waals surface area contributed by atoms with Gasteiger partial charge in [-0.2, -0.15) is 5.10 Å². The van der Waals surface area contributed by atoms with E-state index in [0.717, 1.165) is 16.8 Å². The molecule has 2 aliphatic rings. The average Bonchev–Trinajstić information content (AvgIpc) is 3.48. The first kappa shape index (κ1) is 27.4. The van der Waals surface area contributed by atoms with Gasteiger partial charge in [-0.3, -0.25) is 14.5 Å². The summed E-state index contributed by atoms with van der Waals surface area (Å²) in [5, 5.41) is 8.30. The number of carbonyl (C=O) groups is 2. The summed E-state index contributed by atoms with van der Waals surface area (Å²) >= 11 is 8.20. The largest absolute Gasteiger partial charge is 0.454 e. The number of anilines is 1. The fourth-order valence-corrected chi connectivity index (χ4v) is 6.13. The van der Waals surface area contributed by atoms with E-state index in [9.17, 15) is 9.59 Å². The summed E-state index contributed by atoms with van der Waals surface area (Å²) in [5.41, 5.74) is 2.95. The predicted octanol–water partition coefficient (Wildman–Crippen LogP) is 5.49. The maximum Gasteiger partial charge on any atom is 0.240 e. The van der Waals surface area contributed by atoms with Crippen molar-refractivity contribution in [2.24, 2.45) is 5.92 Å². The van der Waals surface area contributed by atoms with E-state index in [1.165, 1.54) is 11.8 Å². The number of benzene rings is 2. The standard InChI is InChI=1S/C29H33ClN4O4S/c1-17(2)13-31-23(35)14-33-24(36)15-39-26(18-10-11-21-22(12-18)38-16-37-21)25-27(29(3,4)5)32-34(28(25)33)20-9-7-6-8-19(20)30/h6-12,17,26H,13-16H2,1-5H3,(H,31,35)/t26-/m1/s1. The van der Waals surface area contributed by atoms with Crippen molar-refractivity contribution in [3.63, 3.8) is 0 Å². The molecular formula is C29H33ClN4O4S. The number of carbonyl (C=O) groups excluding carboxylic acids is 2. The van der Waals surface area contributed by atoms with Crippen molar-refractivity contribution in [1.29, 1.82) is 0 Å². The molecule has 2 amide bonds. The molecule has 2 aliphatic heterocycles. The van der Waals surface area contributed by atoms with Crippen LogP contribution in [0.4, 0.5) is 5.82 Å². The molecule has 0 fully saturated rings. The molecule has 0 spiro atoms. The number of nitrogens with zero attached hydrogens (tertiary/aromatic N) is 3. The van der Waals surface area contributed by atoms with Crippen LogP contribution in [0.5, 0.6) is 11.5 Å². The zero-order valence-electron chi connectivity index (χ0n) is 22.8. The van der Waals surface area contributed by atoms with Gasteiger partial charge in [-0.05, 0) is 35.7 Å². The Hall–Kier alpha value is -3.17. The molecule has 0 saturated heterocycles. The SMILES string of the molecule is CC(C)CNC(=O)CN1C(=O)CS[C@H](c2ccc3c(c2)OCO3)c2c(C(C)(C)C)nn(-c3ccccc3Cl)c21. The van der Waals surface area contributed by atoms with Gasteiger partial charge >= 0.3 is 0 Å². The monoisotopic (exact) mass is 568 g/mol. The number of fused-ring (bicyclic) bond motifs is 2. The number of nitrogens with one attached hydrogen (secondary N) is 1. The average molecular weight is 569 g/mol. The molecule has 0 bridgehead atoms. The van der Waals surface area contributed by atoms with E-state index in [4.69, 9.17) is 26.2 Å². The Bertz CT molecular complexity index is 1410. The molecule has 1 aromatic heterocycles. The van der Waals surface area contributed by atoms with Gasteiger partial charge in [-0.15, -0.1) is 11.8 Å². The number of amides is 2. The van der Waals surface area contributed by atoms with Gasteiger partial charge in [-0.25, -0.2) is 4.68 Å². The maximum atomic E-state index is 13.7. The first-order chi connectivity index (χ1) is 18.5. The van der Waals surface area contributed by atoms with Gasteiger partial charge < -0.3 is 14.8 Å². The lowest BCUT2D eigenvalue weighted by atomic mass is 9.87. The zero-order chi connectivity index (χ0) is 27.9. The second-order valence-corrected chi connectivity index (χ2v) is 12.7. The van der Waals surface area contributed by atoms with Crippen LogP contribution in [0.1, 0.15) is 56.7 Å². The van der Waals surface area contributed by atoms with E-state index in [0.29, 0.717) is 34.6 Å². The van der Waals surface area contributed by atoms with Crippen LogP contribution in [0.15, 0.2) is 42.5 Å². The van der Waals surface area contributed by atoms with Gasteiger partial charge in [0.1, 0.15) is 12.4 Å². The quantitative estimate of drug-likeness (QED) is 0.423. The fourth-order valence-electron chi connectivity index (χ4n) is 4.72. The number of ether oxygens (including phenoxy) is 2. The van der Waals surface area contributed by atoms with E-state index < -0.39 is 0 Å². The molecule has 1 N–H and O–H groups in total. The molecule has 0 radical (unpaired) electrons. The first-order valence-electron chi connectivity index (χ1n) is 13.0.